The number of piperidine rings is 1. The summed E-state index contributed by atoms with van der Waals surface area (Å²) in [6.07, 6.45) is 10.7. The van der Waals surface area contributed by atoms with Crippen LogP contribution in [0.1, 0.15) is 65.2 Å². The molecular formula is C18H36N4. The Morgan fingerprint density at radius 1 is 1.09 bits per heavy atom. The number of hydrogen-bond donors (Lipinski definition) is 2. The summed E-state index contributed by atoms with van der Waals surface area (Å²) in [6.45, 7) is 10.1. The quantitative estimate of drug-likeness (QED) is 0.391. The Balaban J connectivity index is 1.65. The van der Waals surface area contributed by atoms with Crippen molar-refractivity contribution in [1.82, 2.24) is 15.5 Å². The van der Waals surface area contributed by atoms with E-state index in [1.165, 1.54) is 71.0 Å². The minimum Gasteiger partial charge on any atom is -0.357 e. The number of rotatable bonds is 9. The minimum atomic E-state index is 0.596. The van der Waals surface area contributed by atoms with Gasteiger partial charge in [-0.15, -0.1) is 0 Å². The number of likely N-dealkylation sites (tertiary alicyclic amines) is 1. The zero-order valence-corrected chi connectivity index (χ0v) is 14.7. The molecule has 22 heavy (non-hydrogen) atoms. The lowest BCUT2D eigenvalue weighted by atomic mass is 10.0. The lowest BCUT2D eigenvalue weighted by molar-refractivity contribution is 0.203. The first kappa shape index (κ1) is 17.6. The fourth-order valence-electron chi connectivity index (χ4n) is 3.17. The fraction of sp³-hybridized carbons (Fsp3) is 0.944. The predicted molar refractivity (Wildman–Crippen MR) is 95.4 cm³/mol. The molecule has 0 aromatic heterocycles. The maximum atomic E-state index is 4.76. The van der Waals surface area contributed by atoms with Crippen LogP contribution in [0, 0.1) is 5.92 Å². The molecule has 0 bridgehead atoms. The molecule has 1 aliphatic carbocycles. The third-order valence-corrected chi connectivity index (χ3v) is 4.84. The van der Waals surface area contributed by atoms with Crippen molar-refractivity contribution in [2.75, 3.05) is 32.7 Å². The average molecular weight is 309 g/mol. The lowest BCUT2D eigenvalue weighted by Crippen LogP contribution is -2.48. The maximum absolute atomic E-state index is 4.76. The number of aliphatic imine (C=N–C) groups is 1. The fourth-order valence-corrected chi connectivity index (χ4v) is 3.17. The van der Waals surface area contributed by atoms with E-state index in [1.54, 1.807) is 0 Å². The molecule has 0 radical (unpaired) electrons. The van der Waals surface area contributed by atoms with Gasteiger partial charge in [0.05, 0.1) is 0 Å². The normalized spacial score (nSPS) is 21.1. The standard InChI is InChI=1S/C18H36N4/c1-3-5-13-22-14-10-17(11-15-22)21-18(19-4-2)20-12-6-7-16-8-9-16/h16-17H,3-15H2,1-2H3,(H2,19,20,21). The highest BCUT2D eigenvalue weighted by atomic mass is 15.2. The van der Waals surface area contributed by atoms with Gasteiger partial charge >= 0.3 is 0 Å². The van der Waals surface area contributed by atoms with E-state index in [-0.39, 0.29) is 0 Å². The van der Waals surface area contributed by atoms with Gasteiger partial charge in [0.15, 0.2) is 5.96 Å². The van der Waals surface area contributed by atoms with Crippen molar-refractivity contribution in [2.45, 2.75) is 71.3 Å². The van der Waals surface area contributed by atoms with Gasteiger partial charge in [0.25, 0.3) is 0 Å². The summed E-state index contributed by atoms with van der Waals surface area (Å²) in [5.41, 5.74) is 0. The van der Waals surface area contributed by atoms with Crippen LogP contribution in [0.15, 0.2) is 4.99 Å². The van der Waals surface area contributed by atoms with E-state index in [4.69, 9.17) is 4.99 Å². The molecule has 0 spiro atoms. The maximum Gasteiger partial charge on any atom is 0.191 e. The molecule has 0 unspecified atom stereocenters. The van der Waals surface area contributed by atoms with Crippen molar-refractivity contribution in [1.29, 1.82) is 0 Å². The SMILES string of the molecule is CCCCN1CCC(NC(=NCCCC2CC2)NCC)CC1. The lowest BCUT2D eigenvalue weighted by Gasteiger charge is -2.33. The van der Waals surface area contributed by atoms with Gasteiger partial charge in [0.1, 0.15) is 0 Å². The summed E-state index contributed by atoms with van der Waals surface area (Å²) in [6, 6.07) is 0.596. The van der Waals surface area contributed by atoms with Gasteiger partial charge in [-0.2, -0.15) is 0 Å². The monoisotopic (exact) mass is 308 g/mol. The Morgan fingerprint density at radius 3 is 2.50 bits per heavy atom. The molecule has 2 N–H and O–H groups in total. The molecule has 0 aromatic rings. The first-order chi connectivity index (χ1) is 10.8. The van der Waals surface area contributed by atoms with E-state index in [1.807, 2.05) is 0 Å². The summed E-state index contributed by atoms with van der Waals surface area (Å²) < 4.78 is 0. The van der Waals surface area contributed by atoms with Crippen molar-refractivity contribution in [2.24, 2.45) is 10.9 Å². The molecule has 1 heterocycles. The van der Waals surface area contributed by atoms with Crippen LogP contribution in [-0.2, 0) is 0 Å². The Hall–Kier alpha value is -0.770. The van der Waals surface area contributed by atoms with E-state index in [2.05, 4.69) is 29.4 Å². The van der Waals surface area contributed by atoms with Gasteiger partial charge < -0.3 is 15.5 Å². The molecule has 2 rings (SSSR count). The largest absolute Gasteiger partial charge is 0.357 e. The van der Waals surface area contributed by atoms with Crippen LogP contribution in [-0.4, -0.2) is 49.6 Å². The Morgan fingerprint density at radius 2 is 1.86 bits per heavy atom. The molecular weight excluding hydrogens is 272 g/mol. The molecule has 4 heteroatoms. The van der Waals surface area contributed by atoms with Crippen molar-refractivity contribution >= 4 is 5.96 Å². The van der Waals surface area contributed by atoms with E-state index < -0.39 is 0 Å². The highest BCUT2D eigenvalue weighted by Gasteiger charge is 2.21. The summed E-state index contributed by atoms with van der Waals surface area (Å²) in [4.78, 5) is 7.37. The summed E-state index contributed by atoms with van der Waals surface area (Å²) in [7, 11) is 0. The molecule has 0 amide bonds. The molecule has 128 valence electrons. The highest BCUT2D eigenvalue weighted by Crippen LogP contribution is 2.33. The van der Waals surface area contributed by atoms with Gasteiger partial charge in [0, 0.05) is 32.2 Å². The number of guanidine groups is 1. The molecule has 0 aromatic carbocycles. The number of nitrogens with zero attached hydrogens (tertiary/aromatic N) is 2. The number of hydrogen-bond acceptors (Lipinski definition) is 2. The second kappa shape index (κ2) is 10.1. The number of unbranched alkanes of at least 4 members (excludes halogenated alkanes) is 1. The third-order valence-electron chi connectivity index (χ3n) is 4.84. The average Bonchev–Trinajstić information content (AvgIpc) is 3.35. The smallest absolute Gasteiger partial charge is 0.191 e. The Bertz CT molecular complexity index is 317. The van der Waals surface area contributed by atoms with E-state index in [9.17, 15) is 0 Å². The molecule has 1 aliphatic heterocycles. The number of nitrogens with one attached hydrogen (secondary N) is 2. The van der Waals surface area contributed by atoms with Gasteiger partial charge in [0.2, 0.25) is 0 Å². The minimum absolute atomic E-state index is 0.596. The van der Waals surface area contributed by atoms with Crippen LogP contribution in [0.25, 0.3) is 0 Å². The van der Waals surface area contributed by atoms with Gasteiger partial charge in [-0.3, -0.25) is 4.99 Å². The summed E-state index contributed by atoms with van der Waals surface area (Å²) in [5.74, 6) is 2.06. The Labute approximate surface area is 137 Å². The van der Waals surface area contributed by atoms with Crippen molar-refractivity contribution < 1.29 is 0 Å². The molecule has 0 atom stereocenters. The zero-order chi connectivity index (χ0) is 15.6. The second-order valence-electron chi connectivity index (χ2n) is 6.96. The van der Waals surface area contributed by atoms with Crippen molar-refractivity contribution in [3.05, 3.63) is 0 Å². The Kier molecular flexibility index (Phi) is 8.06. The van der Waals surface area contributed by atoms with Gasteiger partial charge in [-0.1, -0.05) is 26.2 Å². The van der Waals surface area contributed by atoms with Crippen LogP contribution >= 0.6 is 0 Å². The first-order valence-electron chi connectivity index (χ1n) is 9.59. The zero-order valence-electron chi connectivity index (χ0n) is 14.7. The third kappa shape index (κ3) is 6.99. The highest BCUT2D eigenvalue weighted by molar-refractivity contribution is 5.80. The van der Waals surface area contributed by atoms with E-state index in [0.717, 1.165) is 25.0 Å². The molecule has 4 nitrogen and oxygen atoms in total. The topological polar surface area (TPSA) is 39.7 Å². The van der Waals surface area contributed by atoms with Crippen LogP contribution in [0.4, 0.5) is 0 Å². The van der Waals surface area contributed by atoms with Crippen LogP contribution in [0.5, 0.6) is 0 Å². The summed E-state index contributed by atoms with van der Waals surface area (Å²) in [5, 5.41) is 7.05. The molecule has 1 saturated carbocycles. The van der Waals surface area contributed by atoms with Crippen molar-refractivity contribution in [3.63, 3.8) is 0 Å². The van der Waals surface area contributed by atoms with Crippen molar-refractivity contribution in [3.8, 4) is 0 Å². The first-order valence-corrected chi connectivity index (χ1v) is 9.59. The van der Waals surface area contributed by atoms with Gasteiger partial charge in [-0.25, -0.2) is 0 Å². The van der Waals surface area contributed by atoms with Gasteiger partial charge in [-0.05, 0) is 51.5 Å². The summed E-state index contributed by atoms with van der Waals surface area (Å²) >= 11 is 0. The van der Waals surface area contributed by atoms with E-state index in [0.29, 0.717) is 6.04 Å². The van der Waals surface area contributed by atoms with Crippen LogP contribution in [0.3, 0.4) is 0 Å². The molecule has 2 aliphatic rings. The van der Waals surface area contributed by atoms with Crippen LogP contribution in [0.2, 0.25) is 0 Å². The van der Waals surface area contributed by atoms with Crippen LogP contribution < -0.4 is 10.6 Å². The molecule has 1 saturated heterocycles. The molecule has 2 fully saturated rings. The predicted octanol–water partition coefficient (Wildman–Crippen LogP) is 3.00. The van der Waals surface area contributed by atoms with E-state index >= 15 is 0 Å². The second-order valence-corrected chi connectivity index (χ2v) is 6.96.